The Labute approximate surface area is 187 Å². The summed E-state index contributed by atoms with van der Waals surface area (Å²) in [4.78, 5) is 19.4. The average Bonchev–Trinajstić information content (AvgIpc) is 3.19. The maximum absolute atomic E-state index is 14.3. The van der Waals surface area contributed by atoms with Gasteiger partial charge in [-0.1, -0.05) is 48.9 Å². The number of hydrogen-bond acceptors (Lipinski definition) is 5. The van der Waals surface area contributed by atoms with E-state index < -0.39 is 0 Å². The van der Waals surface area contributed by atoms with Crippen LogP contribution in [-0.4, -0.2) is 27.5 Å². The van der Waals surface area contributed by atoms with Crippen LogP contribution in [0.2, 0.25) is 0 Å². The fraction of sp³-hybridized carbons (Fsp3) is 0.560. The zero-order chi connectivity index (χ0) is 21.6. The molecule has 1 aromatic heterocycles. The molecule has 2 heterocycles. The van der Waals surface area contributed by atoms with E-state index in [9.17, 15) is 10.1 Å². The summed E-state index contributed by atoms with van der Waals surface area (Å²) in [5.41, 5.74) is 3.91. The first-order chi connectivity index (χ1) is 14.9. The third-order valence-electron chi connectivity index (χ3n) is 7.28. The van der Waals surface area contributed by atoms with Crippen molar-refractivity contribution in [3.63, 3.8) is 0 Å². The highest BCUT2D eigenvalue weighted by Gasteiger charge is 2.45. The average molecular weight is 436 g/mol. The van der Waals surface area contributed by atoms with E-state index in [-0.39, 0.29) is 28.4 Å². The van der Waals surface area contributed by atoms with Crippen LogP contribution < -0.4 is 5.56 Å². The van der Waals surface area contributed by atoms with Crippen LogP contribution in [0.1, 0.15) is 69.5 Å². The maximum Gasteiger partial charge on any atom is 0.258 e. The van der Waals surface area contributed by atoms with Crippen molar-refractivity contribution in [2.45, 2.75) is 81.0 Å². The second-order valence-electron chi connectivity index (χ2n) is 9.82. The van der Waals surface area contributed by atoms with E-state index >= 15 is 0 Å². The van der Waals surface area contributed by atoms with E-state index in [2.05, 4.69) is 38.1 Å². The first-order valence-corrected chi connectivity index (χ1v) is 12.3. The number of aromatic nitrogens is 2. The summed E-state index contributed by atoms with van der Waals surface area (Å²) in [7, 11) is 0. The molecule has 1 spiro atoms. The van der Waals surface area contributed by atoms with Crippen LogP contribution >= 0.6 is 11.8 Å². The molecule has 2 aromatic rings. The molecule has 1 aliphatic heterocycles. The molecule has 2 aliphatic carbocycles. The van der Waals surface area contributed by atoms with E-state index in [4.69, 9.17) is 9.72 Å². The lowest BCUT2D eigenvalue weighted by Gasteiger charge is -2.39. The number of hydrogen-bond donors (Lipinski definition) is 0. The van der Waals surface area contributed by atoms with E-state index in [1.807, 2.05) is 10.6 Å². The quantitative estimate of drug-likeness (QED) is 0.500. The number of nitrogens with zero attached hydrogens (tertiary/aromatic N) is 3. The molecular formula is C25H29N3O2S. The second-order valence-corrected chi connectivity index (χ2v) is 10.8. The Morgan fingerprint density at radius 3 is 2.81 bits per heavy atom. The Bertz CT molecular complexity index is 1110. The molecule has 31 heavy (non-hydrogen) atoms. The molecule has 6 heteroatoms. The maximum atomic E-state index is 14.3. The molecule has 162 valence electrons. The molecule has 0 unspecified atom stereocenters. The number of thioether (sulfide) groups is 1. The third-order valence-corrected chi connectivity index (χ3v) is 8.10. The van der Waals surface area contributed by atoms with Crippen molar-refractivity contribution in [1.29, 1.82) is 5.26 Å². The lowest BCUT2D eigenvalue weighted by Crippen LogP contribution is -2.44. The second kappa shape index (κ2) is 7.79. The monoisotopic (exact) mass is 435 g/mol. The molecule has 1 aromatic carbocycles. The zero-order valence-corrected chi connectivity index (χ0v) is 19.1. The molecular weight excluding hydrogens is 406 g/mol. The molecule has 5 nitrogen and oxygen atoms in total. The lowest BCUT2D eigenvalue weighted by molar-refractivity contribution is -0.0710. The first kappa shape index (κ1) is 20.8. The Kier molecular flexibility index (Phi) is 5.22. The van der Waals surface area contributed by atoms with Crippen molar-refractivity contribution in [2.75, 3.05) is 12.4 Å². The van der Waals surface area contributed by atoms with Crippen molar-refractivity contribution in [3.05, 3.63) is 45.7 Å². The van der Waals surface area contributed by atoms with Crippen LogP contribution in [0.4, 0.5) is 0 Å². The van der Waals surface area contributed by atoms with Gasteiger partial charge in [-0.3, -0.25) is 9.36 Å². The Morgan fingerprint density at radius 2 is 2.06 bits per heavy atom. The van der Waals surface area contributed by atoms with Crippen LogP contribution in [0.25, 0.3) is 11.3 Å². The molecule has 0 N–H and O–H groups in total. The number of fused-ring (bicyclic) bond motifs is 4. The Balaban J connectivity index is 1.75. The van der Waals surface area contributed by atoms with E-state index in [0.29, 0.717) is 11.8 Å². The summed E-state index contributed by atoms with van der Waals surface area (Å²) < 4.78 is 7.87. The van der Waals surface area contributed by atoms with Crippen LogP contribution in [-0.2, 0) is 16.6 Å². The molecule has 1 saturated heterocycles. The normalized spacial score (nSPS) is 23.2. The number of ether oxygens (including phenoxy) is 1. The highest BCUT2D eigenvalue weighted by Crippen LogP contribution is 2.50. The smallest absolute Gasteiger partial charge is 0.258 e. The van der Waals surface area contributed by atoms with Crippen LogP contribution in [0.15, 0.2) is 34.2 Å². The summed E-state index contributed by atoms with van der Waals surface area (Å²) in [6.07, 6.45) is 6.93. The van der Waals surface area contributed by atoms with Crippen molar-refractivity contribution < 1.29 is 4.74 Å². The van der Waals surface area contributed by atoms with E-state index in [1.165, 1.54) is 17.3 Å². The molecule has 0 radical (unpaired) electrons. The van der Waals surface area contributed by atoms with Gasteiger partial charge in [0, 0.05) is 23.6 Å². The van der Waals surface area contributed by atoms with Gasteiger partial charge in [0.2, 0.25) is 0 Å². The molecule has 1 saturated carbocycles. The van der Waals surface area contributed by atoms with Gasteiger partial charge >= 0.3 is 0 Å². The van der Waals surface area contributed by atoms with Gasteiger partial charge in [0.15, 0.2) is 5.16 Å². The Hall–Kier alpha value is -2.10. The van der Waals surface area contributed by atoms with Gasteiger partial charge < -0.3 is 4.74 Å². The van der Waals surface area contributed by atoms with E-state index in [0.717, 1.165) is 61.8 Å². The largest absolute Gasteiger partial charge is 0.375 e. The summed E-state index contributed by atoms with van der Waals surface area (Å²) in [6, 6.07) is 10.7. The summed E-state index contributed by atoms with van der Waals surface area (Å²) >= 11 is 1.38. The van der Waals surface area contributed by atoms with Gasteiger partial charge in [0.1, 0.15) is 0 Å². The topological polar surface area (TPSA) is 67.9 Å². The van der Waals surface area contributed by atoms with Crippen molar-refractivity contribution >= 4 is 11.8 Å². The highest BCUT2D eigenvalue weighted by molar-refractivity contribution is 7.99. The van der Waals surface area contributed by atoms with Gasteiger partial charge in [-0.2, -0.15) is 5.26 Å². The van der Waals surface area contributed by atoms with E-state index in [1.54, 1.807) is 0 Å². The highest BCUT2D eigenvalue weighted by atomic mass is 32.2. The zero-order valence-electron chi connectivity index (χ0n) is 18.3. The predicted molar refractivity (Wildman–Crippen MR) is 122 cm³/mol. The number of nitriles is 1. The molecule has 2 fully saturated rings. The Morgan fingerprint density at radius 1 is 1.29 bits per heavy atom. The first-order valence-electron chi connectivity index (χ1n) is 11.3. The molecule has 3 aliphatic rings. The SMILES string of the molecule is CC1(C)C[C@@H](n2c(SCC#N)nc3c(c2=O)C2(CCCC2)Cc2ccccc2-3)CCO1. The van der Waals surface area contributed by atoms with Gasteiger partial charge in [-0.15, -0.1) is 0 Å². The fourth-order valence-electron chi connectivity index (χ4n) is 5.96. The third kappa shape index (κ3) is 3.52. The van der Waals surface area contributed by atoms with Crippen molar-refractivity contribution in [1.82, 2.24) is 9.55 Å². The minimum absolute atomic E-state index is 0.0471. The van der Waals surface area contributed by atoms with Gasteiger partial charge in [0.05, 0.1) is 28.7 Å². The predicted octanol–water partition coefficient (Wildman–Crippen LogP) is 5.02. The standard InChI is InChI=1S/C25H29N3O2S/c1-24(2)16-18(9-13-30-24)28-22(29)20-21(27-23(28)31-14-12-26)19-8-4-3-7-17(19)15-25(20)10-5-6-11-25/h3-4,7-8,18H,5-6,9-11,13-16H2,1-2H3/t18-/m0/s1. The van der Waals surface area contributed by atoms with Crippen molar-refractivity contribution in [2.24, 2.45) is 0 Å². The minimum atomic E-state index is -0.271. The van der Waals surface area contributed by atoms with Crippen LogP contribution in [0.3, 0.4) is 0 Å². The summed E-state index contributed by atoms with van der Waals surface area (Å²) in [5.74, 6) is 0.282. The van der Waals surface area contributed by atoms with Crippen molar-refractivity contribution in [3.8, 4) is 17.3 Å². The van der Waals surface area contributed by atoms with Crippen LogP contribution in [0, 0.1) is 11.3 Å². The minimum Gasteiger partial charge on any atom is -0.375 e. The van der Waals surface area contributed by atoms with Gasteiger partial charge in [0.25, 0.3) is 5.56 Å². The lowest BCUT2D eigenvalue weighted by atomic mass is 9.68. The number of benzene rings is 1. The van der Waals surface area contributed by atoms with Gasteiger partial charge in [-0.05, 0) is 51.5 Å². The molecule has 1 atom stereocenters. The number of rotatable bonds is 3. The fourth-order valence-corrected chi connectivity index (χ4v) is 6.69. The molecule has 0 amide bonds. The molecule has 0 bridgehead atoms. The molecule has 5 rings (SSSR count). The summed E-state index contributed by atoms with van der Waals surface area (Å²) in [6.45, 7) is 4.82. The van der Waals surface area contributed by atoms with Crippen LogP contribution in [0.5, 0.6) is 0 Å². The van der Waals surface area contributed by atoms with Gasteiger partial charge in [-0.25, -0.2) is 4.98 Å². The summed E-state index contributed by atoms with van der Waals surface area (Å²) in [5, 5.41) is 9.92.